The van der Waals surface area contributed by atoms with E-state index in [4.69, 9.17) is 4.74 Å². The van der Waals surface area contributed by atoms with Crippen molar-refractivity contribution < 1.29 is 4.74 Å². The molecule has 0 amide bonds. The molecule has 0 aromatic heterocycles. The van der Waals surface area contributed by atoms with Gasteiger partial charge in [0.15, 0.2) is 0 Å². The lowest BCUT2D eigenvalue weighted by Gasteiger charge is -2.20. The highest BCUT2D eigenvalue weighted by atomic mass is 16.5. The van der Waals surface area contributed by atoms with Crippen molar-refractivity contribution in [1.29, 1.82) is 0 Å². The van der Waals surface area contributed by atoms with Crippen LogP contribution in [0.3, 0.4) is 0 Å². The molecule has 0 saturated heterocycles. The van der Waals surface area contributed by atoms with E-state index >= 15 is 0 Å². The zero-order valence-corrected chi connectivity index (χ0v) is 11.4. The van der Waals surface area contributed by atoms with Gasteiger partial charge < -0.3 is 10.1 Å². The molecule has 1 saturated carbocycles. The Hall–Kier alpha value is -1.32. The van der Waals surface area contributed by atoms with Crippen molar-refractivity contribution in [3.8, 4) is 5.75 Å². The Morgan fingerprint density at radius 2 is 2.21 bits per heavy atom. The number of ether oxygens (including phenoxy) is 1. The summed E-state index contributed by atoms with van der Waals surface area (Å²) >= 11 is 0. The van der Waals surface area contributed by atoms with Gasteiger partial charge in [-0.15, -0.1) is 0 Å². The van der Waals surface area contributed by atoms with Crippen LogP contribution < -0.4 is 10.1 Å². The summed E-state index contributed by atoms with van der Waals surface area (Å²) in [5, 5.41) is 3.52. The van der Waals surface area contributed by atoms with Crippen LogP contribution in [0.1, 0.15) is 18.4 Å². The molecule has 0 bridgehead atoms. The Morgan fingerprint density at radius 3 is 3.05 bits per heavy atom. The van der Waals surface area contributed by atoms with E-state index in [9.17, 15) is 0 Å². The summed E-state index contributed by atoms with van der Waals surface area (Å²) in [6.45, 7) is 8.78. The predicted molar refractivity (Wildman–Crippen MR) is 77.4 cm³/mol. The van der Waals surface area contributed by atoms with Crippen molar-refractivity contribution in [2.75, 3.05) is 26.2 Å². The Morgan fingerprint density at radius 1 is 1.37 bits per heavy atom. The third-order valence-corrected chi connectivity index (χ3v) is 3.70. The highest BCUT2D eigenvalue weighted by Gasteiger charge is 2.21. The molecule has 19 heavy (non-hydrogen) atoms. The highest BCUT2D eigenvalue weighted by molar-refractivity contribution is 5.33. The second-order valence-corrected chi connectivity index (χ2v) is 5.57. The van der Waals surface area contributed by atoms with Gasteiger partial charge in [0, 0.05) is 37.8 Å². The van der Waals surface area contributed by atoms with Crippen molar-refractivity contribution in [2.24, 2.45) is 0 Å². The van der Waals surface area contributed by atoms with Crippen molar-refractivity contribution in [2.45, 2.75) is 25.4 Å². The van der Waals surface area contributed by atoms with Crippen molar-refractivity contribution in [3.05, 3.63) is 42.0 Å². The molecule has 1 aliphatic heterocycles. The summed E-state index contributed by atoms with van der Waals surface area (Å²) in [5.74, 6) is 1.03. The van der Waals surface area contributed by atoms with Crippen LogP contribution in [-0.2, 0) is 6.54 Å². The van der Waals surface area contributed by atoms with Gasteiger partial charge in [-0.3, -0.25) is 4.90 Å². The van der Waals surface area contributed by atoms with Crippen LogP contribution in [0.4, 0.5) is 0 Å². The number of nitrogens with zero attached hydrogens (tertiary/aromatic N) is 1. The van der Waals surface area contributed by atoms with Crippen LogP contribution in [0.15, 0.2) is 36.4 Å². The summed E-state index contributed by atoms with van der Waals surface area (Å²) in [5.41, 5.74) is 2.55. The molecular weight excluding hydrogens is 236 g/mol. The molecule has 1 N–H and O–H groups in total. The molecule has 0 spiro atoms. The summed E-state index contributed by atoms with van der Waals surface area (Å²) in [6, 6.07) is 9.08. The van der Waals surface area contributed by atoms with E-state index in [0.29, 0.717) is 0 Å². The fourth-order valence-electron chi connectivity index (χ4n) is 2.46. The Labute approximate surface area is 115 Å². The van der Waals surface area contributed by atoms with Gasteiger partial charge in [-0.05, 0) is 24.5 Å². The van der Waals surface area contributed by atoms with Crippen LogP contribution in [0.25, 0.3) is 0 Å². The molecule has 1 fully saturated rings. The molecule has 0 radical (unpaired) electrons. The van der Waals surface area contributed by atoms with E-state index in [-0.39, 0.29) is 0 Å². The molecule has 102 valence electrons. The van der Waals surface area contributed by atoms with Crippen LogP contribution >= 0.6 is 0 Å². The molecule has 3 heteroatoms. The molecule has 1 aromatic rings. The van der Waals surface area contributed by atoms with Crippen molar-refractivity contribution in [3.63, 3.8) is 0 Å². The maximum Gasteiger partial charge on any atom is 0.123 e. The number of para-hydroxylation sites is 1. The zero-order chi connectivity index (χ0) is 13.1. The average Bonchev–Trinajstić information content (AvgIpc) is 3.23. The standard InChI is InChI=1S/C16H22N2O/c1-13(10-17-15-6-7-15)11-18-8-9-19-16-5-3-2-4-14(16)12-18/h2-5,15,17H,1,6-12H2. The Balaban J connectivity index is 1.54. The van der Waals surface area contributed by atoms with Crippen molar-refractivity contribution in [1.82, 2.24) is 10.2 Å². The van der Waals surface area contributed by atoms with Gasteiger partial charge in [-0.1, -0.05) is 24.8 Å². The lowest BCUT2D eigenvalue weighted by molar-refractivity contribution is 0.238. The second-order valence-electron chi connectivity index (χ2n) is 5.57. The minimum Gasteiger partial charge on any atom is -0.492 e. The number of fused-ring (bicyclic) bond motifs is 1. The monoisotopic (exact) mass is 258 g/mol. The smallest absolute Gasteiger partial charge is 0.123 e. The Kier molecular flexibility index (Phi) is 3.85. The van der Waals surface area contributed by atoms with Gasteiger partial charge in [0.1, 0.15) is 12.4 Å². The van der Waals surface area contributed by atoms with Crippen LogP contribution in [0.2, 0.25) is 0 Å². The fraction of sp³-hybridized carbons (Fsp3) is 0.500. The lowest BCUT2D eigenvalue weighted by Crippen LogP contribution is -2.31. The van der Waals surface area contributed by atoms with Gasteiger partial charge in [0.05, 0.1) is 0 Å². The fourth-order valence-corrected chi connectivity index (χ4v) is 2.46. The van der Waals surface area contributed by atoms with Gasteiger partial charge in [0.2, 0.25) is 0 Å². The van der Waals surface area contributed by atoms with E-state index in [1.807, 2.05) is 6.07 Å². The highest BCUT2D eigenvalue weighted by Crippen LogP contribution is 2.23. The minimum atomic E-state index is 0.755. The van der Waals surface area contributed by atoms with E-state index in [2.05, 4.69) is 35.0 Å². The predicted octanol–water partition coefficient (Wildman–Crippen LogP) is 2.19. The third-order valence-electron chi connectivity index (χ3n) is 3.70. The second kappa shape index (κ2) is 5.76. The number of nitrogens with one attached hydrogen (secondary N) is 1. The topological polar surface area (TPSA) is 24.5 Å². The molecule has 0 atom stereocenters. The molecule has 3 nitrogen and oxygen atoms in total. The zero-order valence-electron chi connectivity index (χ0n) is 11.4. The quantitative estimate of drug-likeness (QED) is 0.819. The largest absolute Gasteiger partial charge is 0.492 e. The Bertz CT molecular complexity index is 454. The van der Waals surface area contributed by atoms with E-state index < -0.39 is 0 Å². The van der Waals surface area contributed by atoms with Gasteiger partial charge in [-0.2, -0.15) is 0 Å². The number of rotatable bonds is 5. The molecule has 2 aliphatic rings. The first-order valence-electron chi connectivity index (χ1n) is 7.14. The maximum absolute atomic E-state index is 5.78. The maximum atomic E-state index is 5.78. The number of hydrogen-bond acceptors (Lipinski definition) is 3. The molecule has 1 aromatic carbocycles. The van der Waals surface area contributed by atoms with E-state index in [1.54, 1.807) is 0 Å². The minimum absolute atomic E-state index is 0.755. The SMILES string of the molecule is C=C(CNC1CC1)CN1CCOc2ccccc2C1. The summed E-state index contributed by atoms with van der Waals surface area (Å²) in [4.78, 5) is 2.42. The van der Waals surface area contributed by atoms with Crippen LogP contribution in [0.5, 0.6) is 5.75 Å². The van der Waals surface area contributed by atoms with Gasteiger partial charge in [-0.25, -0.2) is 0 Å². The first-order valence-corrected chi connectivity index (χ1v) is 7.14. The summed E-state index contributed by atoms with van der Waals surface area (Å²) in [6.07, 6.45) is 2.66. The molecule has 3 rings (SSSR count). The molecule has 1 aliphatic carbocycles. The average molecular weight is 258 g/mol. The first-order chi connectivity index (χ1) is 9.31. The third kappa shape index (κ3) is 3.58. The van der Waals surface area contributed by atoms with Crippen molar-refractivity contribution >= 4 is 0 Å². The normalized spacial score (nSPS) is 19.4. The van der Waals surface area contributed by atoms with E-state index in [0.717, 1.165) is 44.6 Å². The molecular formula is C16H22N2O. The van der Waals surface area contributed by atoms with Gasteiger partial charge >= 0.3 is 0 Å². The number of hydrogen-bond donors (Lipinski definition) is 1. The summed E-state index contributed by atoms with van der Waals surface area (Å²) < 4.78 is 5.78. The lowest BCUT2D eigenvalue weighted by atomic mass is 10.2. The first kappa shape index (κ1) is 12.7. The molecule has 1 heterocycles. The van der Waals surface area contributed by atoms with Gasteiger partial charge in [0.25, 0.3) is 0 Å². The van der Waals surface area contributed by atoms with Crippen LogP contribution in [-0.4, -0.2) is 37.2 Å². The number of benzene rings is 1. The van der Waals surface area contributed by atoms with E-state index in [1.165, 1.54) is 24.0 Å². The molecule has 0 unspecified atom stereocenters. The summed E-state index contributed by atoms with van der Waals surface area (Å²) in [7, 11) is 0. The van der Waals surface area contributed by atoms with Crippen LogP contribution in [0, 0.1) is 0 Å².